The van der Waals surface area contributed by atoms with Crippen LogP contribution in [0.5, 0.6) is 0 Å². The highest BCUT2D eigenvalue weighted by Gasteiger charge is 2.05. The summed E-state index contributed by atoms with van der Waals surface area (Å²) in [6.07, 6.45) is 5.56. The maximum atomic E-state index is 3.75. The van der Waals surface area contributed by atoms with E-state index in [-0.39, 0.29) is 0 Å². The van der Waals surface area contributed by atoms with Crippen LogP contribution in [0.3, 0.4) is 0 Å². The van der Waals surface area contributed by atoms with Crippen molar-refractivity contribution in [1.29, 1.82) is 0 Å². The summed E-state index contributed by atoms with van der Waals surface area (Å²) in [4.78, 5) is 2.23. The van der Waals surface area contributed by atoms with Crippen molar-refractivity contribution in [1.82, 2.24) is 10.2 Å². The van der Waals surface area contributed by atoms with Crippen molar-refractivity contribution in [3.63, 3.8) is 0 Å². The second-order valence-electron chi connectivity index (χ2n) is 3.71. The number of hydrogen-bond acceptors (Lipinski definition) is 2. The van der Waals surface area contributed by atoms with Crippen LogP contribution in [0.15, 0.2) is 12.7 Å². The molecule has 0 saturated carbocycles. The smallest absolute Gasteiger partial charge is 0.00820 e. The standard InChI is InChI=1S/C11H24N2/c1-5-7-8-11(12-6-2)9-10-13(3)4/h5,11-12H,1,6-10H2,2-4H3. The van der Waals surface area contributed by atoms with Gasteiger partial charge in [0.15, 0.2) is 0 Å². The molecule has 0 aliphatic carbocycles. The molecule has 0 fully saturated rings. The Morgan fingerprint density at radius 2 is 2.08 bits per heavy atom. The molecular weight excluding hydrogens is 160 g/mol. The van der Waals surface area contributed by atoms with Crippen molar-refractivity contribution in [2.45, 2.75) is 32.2 Å². The first-order valence-corrected chi connectivity index (χ1v) is 5.19. The van der Waals surface area contributed by atoms with Gasteiger partial charge in [0.1, 0.15) is 0 Å². The normalized spacial score (nSPS) is 13.2. The maximum Gasteiger partial charge on any atom is 0.00820 e. The van der Waals surface area contributed by atoms with Crippen LogP contribution in [-0.2, 0) is 0 Å². The van der Waals surface area contributed by atoms with E-state index in [4.69, 9.17) is 0 Å². The Balaban J connectivity index is 3.59. The van der Waals surface area contributed by atoms with Crippen LogP contribution < -0.4 is 5.32 Å². The second-order valence-corrected chi connectivity index (χ2v) is 3.71. The van der Waals surface area contributed by atoms with Crippen LogP contribution in [0.2, 0.25) is 0 Å². The molecule has 1 unspecified atom stereocenters. The molecule has 0 heterocycles. The highest BCUT2D eigenvalue weighted by Crippen LogP contribution is 2.02. The SMILES string of the molecule is C=CCCC(CCN(C)C)NCC. The molecule has 13 heavy (non-hydrogen) atoms. The van der Waals surface area contributed by atoms with E-state index in [2.05, 4.69) is 37.8 Å². The summed E-state index contributed by atoms with van der Waals surface area (Å²) in [6.45, 7) is 8.14. The number of allylic oxidation sites excluding steroid dienone is 1. The van der Waals surface area contributed by atoms with Gasteiger partial charge in [0.2, 0.25) is 0 Å². The molecule has 0 spiro atoms. The molecule has 0 radical (unpaired) electrons. The number of nitrogens with zero attached hydrogens (tertiary/aromatic N) is 1. The van der Waals surface area contributed by atoms with E-state index in [1.165, 1.54) is 12.8 Å². The quantitative estimate of drug-likeness (QED) is 0.579. The molecule has 0 bridgehead atoms. The Kier molecular flexibility index (Phi) is 8.05. The molecule has 0 saturated heterocycles. The molecule has 0 rings (SSSR count). The van der Waals surface area contributed by atoms with Crippen LogP contribution in [-0.4, -0.2) is 38.1 Å². The summed E-state index contributed by atoms with van der Waals surface area (Å²) in [5.41, 5.74) is 0. The topological polar surface area (TPSA) is 15.3 Å². The summed E-state index contributed by atoms with van der Waals surface area (Å²) >= 11 is 0. The first-order valence-electron chi connectivity index (χ1n) is 5.19. The molecule has 0 aromatic rings. The van der Waals surface area contributed by atoms with E-state index in [1.807, 2.05) is 6.08 Å². The largest absolute Gasteiger partial charge is 0.314 e. The lowest BCUT2D eigenvalue weighted by atomic mass is 10.1. The predicted octanol–water partition coefficient (Wildman–Crippen LogP) is 1.88. The maximum absolute atomic E-state index is 3.75. The van der Waals surface area contributed by atoms with E-state index >= 15 is 0 Å². The number of hydrogen-bond donors (Lipinski definition) is 1. The fourth-order valence-corrected chi connectivity index (χ4v) is 1.37. The van der Waals surface area contributed by atoms with Crippen molar-refractivity contribution in [3.8, 4) is 0 Å². The van der Waals surface area contributed by atoms with Gasteiger partial charge in [-0.3, -0.25) is 0 Å². The second kappa shape index (κ2) is 8.27. The Morgan fingerprint density at radius 3 is 2.54 bits per heavy atom. The van der Waals surface area contributed by atoms with E-state index in [0.717, 1.165) is 19.5 Å². The van der Waals surface area contributed by atoms with E-state index in [0.29, 0.717) is 6.04 Å². The van der Waals surface area contributed by atoms with Gasteiger partial charge in [-0.15, -0.1) is 6.58 Å². The molecule has 2 heteroatoms. The van der Waals surface area contributed by atoms with Crippen molar-refractivity contribution < 1.29 is 0 Å². The summed E-state index contributed by atoms with van der Waals surface area (Å²) in [5.74, 6) is 0. The fraction of sp³-hybridized carbons (Fsp3) is 0.818. The molecule has 0 aromatic heterocycles. The van der Waals surface area contributed by atoms with Gasteiger partial charge >= 0.3 is 0 Å². The summed E-state index contributed by atoms with van der Waals surface area (Å²) < 4.78 is 0. The minimum atomic E-state index is 0.658. The average molecular weight is 184 g/mol. The zero-order valence-corrected chi connectivity index (χ0v) is 9.34. The minimum absolute atomic E-state index is 0.658. The fourth-order valence-electron chi connectivity index (χ4n) is 1.37. The van der Waals surface area contributed by atoms with Gasteiger partial charge < -0.3 is 10.2 Å². The Hall–Kier alpha value is -0.340. The van der Waals surface area contributed by atoms with Gasteiger partial charge in [0.25, 0.3) is 0 Å². The molecular formula is C11H24N2. The Bertz CT molecular complexity index is 121. The van der Waals surface area contributed by atoms with Gasteiger partial charge in [-0.05, 0) is 46.4 Å². The molecule has 0 aliphatic rings. The lowest BCUT2D eigenvalue weighted by Gasteiger charge is -2.19. The summed E-state index contributed by atoms with van der Waals surface area (Å²) in [6, 6.07) is 0.658. The van der Waals surface area contributed by atoms with E-state index < -0.39 is 0 Å². The highest BCUT2D eigenvalue weighted by molar-refractivity contribution is 4.74. The van der Waals surface area contributed by atoms with Gasteiger partial charge in [-0.1, -0.05) is 13.0 Å². The number of nitrogens with one attached hydrogen (secondary N) is 1. The molecule has 0 amide bonds. The third-order valence-electron chi connectivity index (χ3n) is 2.14. The van der Waals surface area contributed by atoms with Gasteiger partial charge in [0, 0.05) is 6.04 Å². The first-order chi connectivity index (χ1) is 6.20. The molecule has 2 nitrogen and oxygen atoms in total. The van der Waals surface area contributed by atoms with Crippen molar-refractivity contribution in [2.24, 2.45) is 0 Å². The van der Waals surface area contributed by atoms with E-state index in [1.54, 1.807) is 0 Å². The Labute approximate surface area is 83.0 Å². The monoisotopic (exact) mass is 184 g/mol. The Morgan fingerprint density at radius 1 is 1.38 bits per heavy atom. The van der Waals surface area contributed by atoms with Gasteiger partial charge in [-0.25, -0.2) is 0 Å². The van der Waals surface area contributed by atoms with Gasteiger partial charge in [-0.2, -0.15) is 0 Å². The number of rotatable bonds is 8. The molecule has 1 atom stereocenters. The van der Waals surface area contributed by atoms with Crippen LogP contribution in [0.1, 0.15) is 26.2 Å². The first kappa shape index (κ1) is 12.7. The lowest BCUT2D eigenvalue weighted by Crippen LogP contribution is -2.32. The summed E-state index contributed by atoms with van der Waals surface area (Å²) in [5, 5.41) is 3.50. The van der Waals surface area contributed by atoms with Crippen LogP contribution in [0, 0.1) is 0 Å². The van der Waals surface area contributed by atoms with Gasteiger partial charge in [0.05, 0.1) is 0 Å². The zero-order valence-electron chi connectivity index (χ0n) is 9.34. The van der Waals surface area contributed by atoms with Crippen molar-refractivity contribution in [3.05, 3.63) is 12.7 Å². The molecule has 0 aromatic carbocycles. The van der Waals surface area contributed by atoms with Crippen LogP contribution in [0.4, 0.5) is 0 Å². The average Bonchev–Trinajstić information content (AvgIpc) is 2.09. The molecule has 0 aliphatic heterocycles. The van der Waals surface area contributed by atoms with Crippen molar-refractivity contribution >= 4 is 0 Å². The van der Waals surface area contributed by atoms with Crippen LogP contribution in [0.25, 0.3) is 0 Å². The summed E-state index contributed by atoms with van der Waals surface area (Å²) in [7, 11) is 4.24. The van der Waals surface area contributed by atoms with Crippen LogP contribution >= 0.6 is 0 Å². The molecule has 78 valence electrons. The third kappa shape index (κ3) is 8.00. The molecule has 1 N–H and O–H groups in total. The van der Waals surface area contributed by atoms with E-state index in [9.17, 15) is 0 Å². The predicted molar refractivity (Wildman–Crippen MR) is 60.1 cm³/mol. The minimum Gasteiger partial charge on any atom is -0.314 e. The zero-order chi connectivity index (χ0) is 10.1. The third-order valence-corrected chi connectivity index (χ3v) is 2.14. The lowest BCUT2D eigenvalue weighted by molar-refractivity contribution is 0.352. The highest BCUT2D eigenvalue weighted by atomic mass is 15.1. The van der Waals surface area contributed by atoms with Crippen molar-refractivity contribution in [2.75, 3.05) is 27.2 Å².